The summed E-state index contributed by atoms with van der Waals surface area (Å²) in [7, 11) is 0. The van der Waals surface area contributed by atoms with Gasteiger partial charge >= 0.3 is 5.97 Å². The summed E-state index contributed by atoms with van der Waals surface area (Å²) in [6.07, 6.45) is 0. The minimum absolute atomic E-state index is 0.273. The molecule has 26 heavy (non-hydrogen) atoms. The minimum Gasteiger partial charge on any atom is -0.481 e. The number of esters is 1. The van der Waals surface area contributed by atoms with E-state index in [1.807, 2.05) is 0 Å². The molecule has 0 rings (SSSR count). The molecule has 0 radical (unpaired) electrons. The van der Waals surface area contributed by atoms with Crippen molar-refractivity contribution in [1.29, 1.82) is 0 Å². The third kappa shape index (κ3) is 128. The van der Waals surface area contributed by atoms with Crippen molar-refractivity contribution in [3.05, 3.63) is 0 Å². The third-order valence-corrected chi connectivity index (χ3v) is 1.06. The Bertz CT molecular complexity index is 323. The van der Waals surface area contributed by atoms with E-state index in [-0.39, 0.29) is 19.8 Å². The van der Waals surface area contributed by atoms with E-state index in [1.165, 1.54) is 0 Å². The number of ether oxygens (including phenoxy) is 1. The van der Waals surface area contributed by atoms with E-state index in [9.17, 15) is 4.79 Å². The van der Waals surface area contributed by atoms with Crippen molar-refractivity contribution in [3.8, 4) is 0 Å². The van der Waals surface area contributed by atoms with E-state index in [0.717, 1.165) is 27.7 Å². The van der Waals surface area contributed by atoms with Crippen LogP contribution in [-0.4, -0.2) is 80.3 Å². The molecule has 0 aliphatic rings. The highest BCUT2D eigenvalue weighted by molar-refractivity contribution is 5.72. The Balaban J connectivity index is -0.0000000776. The molecule has 12 heteroatoms. The predicted octanol–water partition coefficient (Wildman–Crippen LogP) is -0.486. The summed E-state index contributed by atoms with van der Waals surface area (Å²) >= 11 is 0. The molecule has 0 bridgehead atoms. The summed E-state index contributed by atoms with van der Waals surface area (Å²) in [5, 5.41) is 46.6. The number of carbonyl (C=O) groups is 5. The van der Waals surface area contributed by atoms with Crippen LogP contribution in [0.25, 0.3) is 0 Å². The van der Waals surface area contributed by atoms with Gasteiger partial charge in [-0.15, -0.1) is 0 Å². The zero-order valence-electron chi connectivity index (χ0n) is 15.3. The van der Waals surface area contributed by atoms with Crippen LogP contribution < -0.4 is 0 Å². The van der Waals surface area contributed by atoms with Crippen molar-refractivity contribution >= 4 is 29.8 Å². The number of aliphatic carboxylic acids is 4. The van der Waals surface area contributed by atoms with Crippen LogP contribution in [0, 0.1) is 5.92 Å². The van der Waals surface area contributed by atoms with Crippen molar-refractivity contribution in [1.82, 2.24) is 0 Å². The van der Waals surface area contributed by atoms with Crippen LogP contribution in [0.1, 0.15) is 34.6 Å². The zero-order chi connectivity index (χ0) is 22.3. The Morgan fingerprint density at radius 1 is 0.692 bits per heavy atom. The molecule has 0 atom stereocenters. The zero-order valence-corrected chi connectivity index (χ0v) is 15.3. The van der Waals surface area contributed by atoms with Gasteiger partial charge in [-0.1, -0.05) is 0 Å². The topological polar surface area (TPSA) is 216 Å². The van der Waals surface area contributed by atoms with Gasteiger partial charge in [-0.3, -0.25) is 24.0 Å². The second-order valence-corrected chi connectivity index (χ2v) is 3.89. The Kier molecular flexibility index (Phi) is 36.1. The van der Waals surface area contributed by atoms with E-state index in [4.69, 9.17) is 49.8 Å². The fourth-order valence-electron chi connectivity index (χ4n) is 0.467. The lowest BCUT2D eigenvalue weighted by Crippen LogP contribution is -2.24. The van der Waals surface area contributed by atoms with Crippen molar-refractivity contribution in [2.45, 2.75) is 34.6 Å². The lowest BCUT2D eigenvalue weighted by Gasteiger charge is -2.08. The van der Waals surface area contributed by atoms with E-state index < -0.39 is 35.8 Å². The second kappa shape index (κ2) is 27.1. The molecule has 6 N–H and O–H groups in total. The Labute approximate surface area is 150 Å². The standard InChI is InChI=1S/C6H12O4.4C2H4O2/c1-2-10-6(9)5(3-7)4-8;4*1-2(3)4/h5,7-8H,2-4H2,1H3;4*1H3,(H,3,4). The minimum atomic E-state index is -0.833. The van der Waals surface area contributed by atoms with E-state index >= 15 is 0 Å². The first-order valence-corrected chi connectivity index (χ1v) is 6.85. The highest BCUT2D eigenvalue weighted by atomic mass is 16.5. The molecule has 0 saturated heterocycles. The van der Waals surface area contributed by atoms with Gasteiger partial charge in [0.15, 0.2) is 0 Å². The normalized spacial score (nSPS) is 7.69. The number of carbonyl (C=O) groups excluding carboxylic acids is 1. The smallest absolute Gasteiger partial charge is 0.313 e. The average molecular weight is 388 g/mol. The number of aliphatic hydroxyl groups is 2. The second-order valence-electron chi connectivity index (χ2n) is 3.89. The Morgan fingerprint density at radius 2 is 0.885 bits per heavy atom. The maximum Gasteiger partial charge on any atom is 0.313 e. The predicted molar refractivity (Wildman–Crippen MR) is 87.5 cm³/mol. The molecule has 156 valence electrons. The van der Waals surface area contributed by atoms with Crippen LogP contribution >= 0.6 is 0 Å². The molecule has 0 aromatic rings. The number of rotatable bonds is 4. The number of aliphatic hydroxyl groups excluding tert-OH is 2. The van der Waals surface area contributed by atoms with Crippen molar-refractivity contribution in [3.63, 3.8) is 0 Å². The molecule has 12 nitrogen and oxygen atoms in total. The summed E-state index contributed by atoms with van der Waals surface area (Å²) in [5.74, 6) is -4.66. The molecule has 0 fully saturated rings. The van der Waals surface area contributed by atoms with E-state index in [1.54, 1.807) is 6.92 Å². The highest BCUT2D eigenvalue weighted by Gasteiger charge is 2.16. The fraction of sp³-hybridized carbons (Fsp3) is 0.643. The van der Waals surface area contributed by atoms with Gasteiger partial charge in [0, 0.05) is 27.7 Å². The quantitative estimate of drug-likeness (QED) is 0.336. The van der Waals surface area contributed by atoms with Gasteiger partial charge in [0.2, 0.25) is 0 Å². The van der Waals surface area contributed by atoms with Gasteiger partial charge in [0.05, 0.1) is 19.8 Å². The molecule has 0 aromatic heterocycles. The number of carboxylic acids is 4. The lowest BCUT2D eigenvalue weighted by molar-refractivity contribution is -0.151. The summed E-state index contributed by atoms with van der Waals surface area (Å²) in [6, 6.07) is 0. The number of hydrogen-bond acceptors (Lipinski definition) is 8. The van der Waals surface area contributed by atoms with Crippen LogP contribution in [-0.2, 0) is 28.7 Å². The summed E-state index contributed by atoms with van der Waals surface area (Å²) in [6.45, 7) is 5.55. The molecule has 0 saturated carbocycles. The first-order chi connectivity index (χ1) is 11.7. The summed E-state index contributed by atoms with van der Waals surface area (Å²) in [5.41, 5.74) is 0. The molecule has 0 spiro atoms. The molecule has 0 aliphatic carbocycles. The van der Waals surface area contributed by atoms with E-state index in [0.29, 0.717) is 0 Å². The first kappa shape index (κ1) is 34.6. The van der Waals surface area contributed by atoms with Gasteiger partial charge in [-0.2, -0.15) is 0 Å². The summed E-state index contributed by atoms with van der Waals surface area (Å²) < 4.78 is 4.53. The largest absolute Gasteiger partial charge is 0.481 e. The Morgan fingerprint density at radius 3 is 1.00 bits per heavy atom. The number of hydrogen-bond donors (Lipinski definition) is 6. The summed E-state index contributed by atoms with van der Waals surface area (Å²) in [4.78, 5) is 46.7. The molecule has 0 aromatic carbocycles. The van der Waals surface area contributed by atoms with Gasteiger partial charge < -0.3 is 35.4 Å². The van der Waals surface area contributed by atoms with Gasteiger partial charge in [-0.05, 0) is 6.92 Å². The fourth-order valence-corrected chi connectivity index (χ4v) is 0.467. The third-order valence-electron chi connectivity index (χ3n) is 1.06. The van der Waals surface area contributed by atoms with Crippen LogP contribution in [0.15, 0.2) is 0 Å². The molecule has 0 heterocycles. The Hall–Kier alpha value is -2.73. The monoisotopic (exact) mass is 388 g/mol. The maximum absolute atomic E-state index is 10.7. The van der Waals surface area contributed by atoms with Crippen LogP contribution in [0.2, 0.25) is 0 Å². The van der Waals surface area contributed by atoms with Crippen molar-refractivity contribution < 1.29 is 59.3 Å². The van der Waals surface area contributed by atoms with Crippen LogP contribution in [0.4, 0.5) is 0 Å². The average Bonchev–Trinajstić information content (AvgIpc) is 2.37. The maximum atomic E-state index is 10.7. The molecule has 0 unspecified atom stereocenters. The molecule has 0 amide bonds. The molecular weight excluding hydrogens is 360 g/mol. The highest BCUT2D eigenvalue weighted by Crippen LogP contribution is 1.96. The van der Waals surface area contributed by atoms with Gasteiger partial charge in [-0.25, -0.2) is 0 Å². The van der Waals surface area contributed by atoms with Gasteiger partial charge in [0.25, 0.3) is 23.9 Å². The van der Waals surface area contributed by atoms with Gasteiger partial charge in [0.1, 0.15) is 5.92 Å². The SMILES string of the molecule is CC(=O)O.CC(=O)O.CC(=O)O.CC(=O)O.CCOC(=O)C(CO)CO. The van der Waals surface area contributed by atoms with E-state index in [2.05, 4.69) is 4.74 Å². The molecular formula is C14H28O12. The van der Waals surface area contributed by atoms with Crippen LogP contribution in [0.3, 0.4) is 0 Å². The first-order valence-electron chi connectivity index (χ1n) is 6.85. The number of carboxylic acid groups (broad SMARTS) is 4. The van der Waals surface area contributed by atoms with Crippen LogP contribution in [0.5, 0.6) is 0 Å². The van der Waals surface area contributed by atoms with Crippen molar-refractivity contribution in [2.75, 3.05) is 19.8 Å². The lowest BCUT2D eigenvalue weighted by atomic mass is 10.2. The van der Waals surface area contributed by atoms with Crippen molar-refractivity contribution in [2.24, 2.45) is 5.92 Å². The molecule has 0 aliphatic heterocycles.